The van der Waals surface area contributed by atoms with Crippen LogP contribution in [0, 0.1) is 6.92 Å². The first-order valence-electron chi connectivity index (χ1n) is 7.80. The Labute approximate surface area is 132 Å². The number of halogens is 1. The molecule has 1 aliphatic carbocycles. The van der Waals surface area contributed by atoms with Crippen LogP contribution in [-0.4, -0.2) is 18.6 Å². The Bertz CT molecular complexity index is 484. The Hall–Kier alpha value is -1.06. The van der Waals surface area contributed by atoms with Crippen molar-refractivity contribution in [1.29, 1.82) is 0 Å². The molecule has 2 rings (SSSR count). The summed E-state index contributed by atoms with van der Waals surface area (Å²) in [6.45, 7) is 4.18. The molecule has 0 spiro atoms. The summed E-state index contributed by atoms with van der Waals surface area (Å²) in [6.07, 6.45) is 5.98. The molecule has 1 aromatic carbocycles. The van der Waals surface area contributed by atoms with Crippen LogP contribution in [0.5, 0.6) is 0 Å². The maximum atomic E-state index is 12.3. The highest BCUT2D eigenvalue weighted by Crippen LogP contribution is 2.25. The van der Waals surface area contributed by atoms with Crippen molar-refractivity contribution in [2.75, 3.05) is 6.61 Å². The molecule has 0 saturated heterocycles. The standard InChI is InChI=1S/C17H24ClNO2/c1-3-21-17(20)16(19-14-7-5-4-6-8-14)13-10-9-12(2)15(18)11-13/h9-11,14,16,19H,3-8H2,1-2H3. The largest absolute Gasteiger partial charge is 0.465 e. The average molecular weight is 310 g/mol. The fraction of sp³-hybridized carbons (Fsp3) is 0.588. The highest BCUT2D eigenvalue weighted by molar-refractivity contribution is 6.31. The van der Waals surface area contributed by atoms with E-state index in [0.29, 0.717) is 17.7 Å². The van der Waals surface area contributed by atoms with Gasteiger partial charge in [-0.1, -0.05) is 43.0 Å². The lowest BCUT2D eigenvalue weighted by molar-refractivity contribution is -0.146. The van der Waals surface area contributed by atoms with Gasteiger partial charge in [0.25, 0.3) is 0 Å². The summed E-state index contributed by atoms with van der Waals surface area (Å²) in [7, 11) is 0. The number of esters is 1. The van der Waals surface area contributed by atoms with E-state index in [1.165, 1.54) is 19.3 Å². The first kappa shape index (κ1) is 16.3. The van der Waals surface area contributed by atoms with E-state index in [9.17, 15) is 4.79 Å². The normalized spacial score (nSPS) is 17.5. The van der Waals surface area contributed by atoms with Crippen molar-refractivity contribution in [3.63, 3.8) is 0 Å². The molecule has 1 N–H and O–H groups in total. The van der Waals surface area contributed by atoms with E-state index in [2.05, 4.69) is 5.32 Å². The van der Waals surface area contributed by atoms with Gasteiger partial charge in [-0.05, 0) is 43.9 Å². The fourth-order valence-electron chi connectivity index (χ4n) is 2.82. The lowest BCUT2D eigenvalue weighted by Crippen LogP contribution is -2.39. The van der Waals surface area contributed by atoms with Gasteiger partial charge in [0.1, 0.15) is 6.04 Å². The lowest BCUT2D eigenvalue weighted by Gasteiger charge is -2.27. The Morgan fingerprint density at radius 3 is 2.71 bits per heavy atom. The van der Waals surface area contributed by atoms with Crippen molar-refractivity contribution >= 4 is 17.6 Å². The third-order valence-corrected chi connectivity index (χ3v) is 4.47. The molecule has 1 saturated carbocycles. The Balaban J connectivity index is 2.17. The van der Waals surface area contributed by atoms with Crippen LogP contribution in [0.1, 0.15) is 56.2 Å². The first-order chi connectivity index (χ1) is 10.1. The van der Waals surface area contributed by atoms with E-state index in [4.69, 9.17) is 16.3 Å². The number of hydrogen-bond donors (Lipinski definition) is 1. The third kappa shape index (κ3) is 4.45. The third-order valence-electron chi connectivity index (χ3n) is 4.06. The van der Waals surface area contributed by atoms with Crippen molar-refractivity contribution in [3.8, 4) is 0 Å². The van der Waals surface area contributed by atoms with Crippen LogP contribution >= 0.6 is 11.6 Å². The van der Waals surface area contributed by atoms with E-state index in [1.54, 1.807) is 0 Å². The topological polar surface area (TPSA) is 38.3 Å². The minimum absolute atomic E-state index is 0.219. The number of rotatable bonds is 5. The highest BCUT2D eigenvalue weighted by Gasteiger charge is 2.26. The predicted molar refractivity (Wildman–Crippen MR) is 85.6 cm³/mol. The summed E-state index contributed by atoms with van der Waals surface area (Å²) in [6, 6.07) is 5.73. The Kier molecular flexibility index (Phi) is 6.07. The monoisotopic (exact) mass is 309 g/mol. The van der Waals surface area contributed by atoms with Gasteiger partial charge in [0.05, 0.1) is 6.61 Å². The van der Waals surface area contributed by atoms with Crippen LogP contribution in [-0.2, 0) is 9.53 Å². The van der Waals surface area contributed by atoms with Gasteiger partial charge < -0.3 is 4.74 Å². The predicted octanol–water partition coefficient (Wildman–Crippen LogP) is 4.17. The van der Waals surface area contributed by atoms with E-state index in [0.717, 1.165) is 24.0 Å². The van der Waals surface area contributed by atoms with Gasteiger partial charge >= 0.3 is 5.97 Å². The number of ether oxygens (including phenoxy) is 1. The number of carbonyl (C=O) groups is 1. The SMILES string of the molecule is CCOC(=O)C(NC1CCCCC1)c1ccc(C)c(Cl)c1. The molecule has 1 unspecified atom stereocenters. The molecule has 21 heavy (non-hydrogen) atoms. The van der Waals surface area contributed by atoms with E-state index in [-0.39, 0.29) is 5.97 Å². The molecular formula is C17H24ClNO2. The number of nitrogens with one attached hydrogen (secondary N) is 1. The molecule has 0 bridgehead atoms. The molecule has 0 aliphatic heterocycles. The van der Waals surface area contributed by atoms with Crippen molar-refractivity contribution < 1.29 is 9.53 Å². The second kappa shape index (κ2) is 7.81. The molecule has 0 aromatic heterocycles. The Morgan fingerprint density at radius 1 is 1.38 bits per heavy atom. The second-order valence-corrected chi connectivity index (χ2v) is 6.10. The minimum atomic E-state index is -0.425. The van der Waals surface area contributed by atoms with Gasteiger partial charge in [-0.2, -0.15) is 0 Å². The summed E-state index contributed by atoms with van der Waals surface area (Å²) in [5, 5.41) is 4.16. The highest BCUT2D eigenvalue weighted by atomic mass is 35.5. The molecule has 0 amide bonds. The Morgan fingerprint density at radius 2 is 2.10 bits per heavy atom. The van der Waals surface area contributed by atoms with Crippen molar-refractivity contribution in [3.05, 3.63) is 34.3 Å². The zero-order valence-electron chi connectivity index (χ0n) is 12.8. The smallest absolute Gasteiger partial charge is 0.327 e. The minimum Gasteiger partial charge on any atom is -0.465 e. The van der Waals surface area contributed by atoms with Crippen molar-refractivity contribution in [1.82, 2.24) is 5.32 Å². The number of hydrogen-bond acceptors (Lipinski definition) is 3. The molecule has 1 fully saturated rings. The van der Waals surface area contributed by atoms with Gasteiger partial charge in [0.2, 0.25) is 0 Å². The number of aryl methyl sites for hydroxylation is 1. The summed E-state index contributed by atoms with van der Waals surface area (Å²) in [5.41, 5.74) is 1.90. The van der Waals surface area contributed by atoms with Crippen LogP contribution in [0.15, 0.2) is 18.2 Å². The molecule has 1 aromatic rings. The molecule has 3 nitrogen and oxygen atoms in total. The number of carbonyl (C=O) groups excluding carboxylic acids is 1. The second-order valence-electron chi connectivity index (χ2n) is 5.70. The van der Waals surface area contributed by atoms with Crippen LogP contribution in [0.2, 0.25) is 5.02 Å². The van der Waals surface area contributed by atoms with Gasteiger partial charge in [0.15, 0.2) is 0 Å². The maximum Gasteiger partial charge on any atom is 0.327 e. The van der Waals surface area contributed by atoms with E-state index >= 15 is 0 Å². The molecule has 1 atom stereocenters. The summed E-state index contributed by atoms with van der Waals surface area (Å²) < 4.78 is 5.23. The maximum absolute atomic E-state index is 12.3. The van der Waals surface area contributed by atoms with Gasteiger partial charge in [0, 0.05) is 11.1 Å². The van der Waals surface area contributed by atoms with Crippen LogP contribution in [0.3, 0.4) is 0 Å². The van der Waals surface area contributed by atoms with E-state index < -0.39 is 6.04 Å². The zero-order valence-corrected chi connectivity index (χ0v) is 13.6. The van der Waals surface area contributed by atoms with Crippen LogP contribution in [0.25, 0.3) is 0 Å². The molecular weight excluding hydrogens is 286 g/mol. The quantitative estimate of drug-likeness (QED) is 0.829. The van der Waals surface area contributed by atoms with Crippen LogP contribution < -0.4 is 5.32 Å². The molecule has 1 aliphatic rings. The molecule has 116 valence electrons. The number of benzene rings is 1. The van der Waals surface area contributed by atoms with Gasteiger partial charge in [-0.15, -0.1) is 0 Å². The molecule has 0 heterocycles. The summed E-state index contributed by atoms with van der Waals surface area (Å²) in [4.78, 5) is 12.3. The first-order valence-corrected chi connectivity index (χ1v) is 8.18. The summed E-state index contributed by atoms with van der Waals surface area (Å²) in [5.74, 6) is -0.219. The molecule has 4 heteroatoms. The van der Waals surface area contributed by atoms with E-state index in [1.807, 2.05) is 32.0 Å². The zero-order chi connectivity index (χ0) is 15.2. The van der Waals surface area contributed by atoms with Gasteiger partial charge in [-0.3, -0.25) is 5.32 Å². The fourth-order valence-corrected chi connectivity index (χ4v) is 3.01. The van der Waals surface area contributed by atoms with Crippen molar-refractivity contribution in [2.24, 2.45) is 0 Å². The lowest BCUT2D eigenvalue weighted by atomic mass is 9.94. The van der Waals surface area contributed by atoms with Gasteiger partial charge in [-0.25, -0.2) is 4.79 Å². The van der Waals surface area contributed by atoms with Crippen molar-refractivity contribution in [2.45, 2.75) is 58.0 Å². The summed E-state index contributed by atoms with van der Waals surface area (Å²) >= 11 is 6.20. The average Bonchev–Trinajstić information content (AvgIpc) is 2.49. The van der Waals surface area contributed by atoms with Crippen LogP contribution in [0.4, 0.5) is 0 Å². The molecule has 0 radical (unpaired) electrons.